The first-order valence-electron chi connectivity index (χ1n) is 9.03. The highest BCUT2D eigenvalue weighted by Crippen LogP contribution is 2.32. The van der Waals surface area contributed by atoms with E-state index in [4.69, 9.17) is 9.73 Å². The number of hydrogen-bond acceptors (Lipinski definition) is 3. The fourth-order valence-corrected chi connectivity index (χ4v) is 3.02. The summed E-state index contributed by atoms with van der Waals surface area (Å²) in [6, 6.07) is 10.5. The van der Waals surface area contributed by atoms with Crippen molar-refractivity contribution in [1.29, 1.82) is 0 Å². The molecule has 1 atom stereocenters. The molecule has 1 heterocycles. The summed E-state index contributed by atoms with van der Waals surface area (Å²) in [4.78, 5) is 4.73. The number of aryl methyl sites for hydroxylation is 1. The van der Waals surface area contributed by atoms with Gasteiger partial charge in [0.15, 0.2) is 5.96 Å². The van der Waals surface area contributed by atoms with E-state index in [9.17, 15) is 5.11 Å². The third-order valence-corrected chi connectivity index (χ3v) is 4.52. The Balaban J connectivity index is 0.00000312. The van der Waals surface area contributed by atoms with Crippen LogP contribution in [-0.2, 0) is 11.2 Å². The van der Waals surface area contributed by atoms with Crippen LogP contribution in [0.1, 0.15) is 31.7 Å². The molecule has 1 aromatic carbocycles. The second-order valence-electron chi connectivity index (χ2n) is 6.49. The fourth-order valence-electron chi connectivity index (χ4n) is 3.02. The molecule has 0 aromatic heterocycles. The van der Waals surface area contributed by atoms with Gasteiger partial charge in [0.25, 0.3) is 0 Å². The summed E-state index contributed by atoms with van der Waals surface area (Å²) < 4.78 is 5.53. The Labute approximate surface area is 168 Å². The number of rotatable bonds is 9. The van der Waals surface area contributed by atoms with Crippen molar-refractivity contribution in [1.82, 2.24) is 10.6 Å². The molecule has 1 fully saturated rings. The molecule has 1 aromatic rings. The fraction of sp³-hybridized carbons (Fsp3) is 0.632. The van der Waals surface area contributed by atoms with Gasteiger partial charge in [-0.05, 0) is 38.2 Å². The quantitative estimate of drug-likeness (QED) is 0.229. The minimum absolute atomic E-state index is 0. The van der Waals surface area contributed by atoms with Crippen molar-refractivity contribution in [2.75, 3.05) is 39.5 Å². The molecule has 142 valence electrons. The normalized spacial score (nSPS) is 20.2. The Kier molecular flexibility index (Phi) is 11.1. The van der Waals surface area contributed by atoms with Crippen molar-refractivity contribution in [3.05, 3.63) is 35.9 Å². The summed E-state index contributed by atoms with van der Waals surface area (Å²) in [5, 5.41) is 16.0. The second-order valence-corrected chi connectivity index (χ2v) is 6.49. The van der Waals surface area contributed by atoms with Gasteiger partial charge in [-0.15, -0.1) is 24.0 Å². The van der Waals surface area contributed by atoms with E-state index in [0.29, 0.717) is 13.2 Å². The Morgan fingerprint density at radius 3 is 2.72 bits per heavy atom. The molecule has 25 heavy (non-hydrogen) atoms. The van der Waals surface area contributed by atoms with Gasteiger partial charge in [0.1, 0.15) is 0 Å². The number of ether oxygens (including phenoxy) is 1. The van der Waals surface area contributed by atoms with E-state index in [2.05, 4.69) is 41.8 Å². The summed E-state index contributed by atoms with van der Waals surface area (Å²) in [7, 11) is 0. The highest BCUT2D eigenvalue weighted by molar-refractivity contribution is 14.0. The van der Waals surface area contributed by atoms with E-state index in [1.807, 2.05) is 6.07 Å². The first-order chi connectivity index (χ1) is 11.8. The molecule has 0 aliphatic carbocycles. The van der Waals surface area contributed by atoms with Crippen LogP contribution in [0.25, 0.3) is 0 Å². The highest BCUT2D eigenvalue weighted by atomic mass is 127. The van der Waals surface area contributed by atoms with Gasteiger partial charge in [-0.3, -0.25) is 4.99 Å². The van der Waals surface area contributed by atoms with Gasteiger partial charge in [-0.1, -0.05) is 30.3 Å². The Morgan fingerprint density at radius 2 is 2.08 bits per heavy atom. The molecule has 0 bridgehead atoms. The predicted octanol–water partition coefficient (Wildman–Crippen LogP) is 2.58. The molecule has 1 saturated heterocycles. The number of benzene rings is 1. The second kappa shape index (κ2) is 12.5. The number of guanidine groups is 1. The van der Waals surface area contributed by atoms with Crippen LogP contribution in [-0.4, -0.2) is 50.5 Å². The number of hydrogen-bond donors (Lipinski definition) is 3. The van der Waals surface area contributed by atoms with E-state index < -0.39 is 0 Å². The van der Waals surface area contributed by atoms with Crippen LogP contribution in [0.3, 0.4) is 0 Å². The van der Waals surface area contributed by atoms with Crippen LogP contribution >= 0.6 is 24.0 Å². The lowest BCUT2D eigenvalue weighted by Crippen LogP contribution is -2.39. The van der Waals surface area contributed by atoms with Crippen molar-refractivity contribution in [3.8, 4) is 0 Å². The topological polar surface area (TPSA) is 65.9 Å². The van der Waals surface area contributed by atoms with Gasteiger partial charge < -0.3 is 20.5 Å². The van der Waals surface area contributed by atoms with Gasteiger partial charge in [0, 0.05) is 31.7 Å². The molecule has 1 aliphatic heterocycles. The lowest BCUT2D eigenvalue weighted by Gasteiger charge is -2.24. The van der Waals surface area contributed by atoms with Crippen LogP contribution in [0.4, 0.5) is 0 Å². The average Bonchev–Trinajstić information content (AvgIpc) is 3.06. The van der Waals surface area contributed by atoms with E-state index in [1.165, 1.54) is 5.56 Å². The maximum atomic E-state index is 9.31. The van der Waals surface area contributed by atoms with Crippen LogP contribution in [0, 0.1) is 5.41 Å². The van der Waals surface area contributed by atoms with Crippen molar-refractivity contribution in [2.24, 2.45) is 10.4 Å². The van der Waals surface area contributed by atoms with Gasteiger partial charge in [0.05, 0.1) is 13.2 Å². The van der Waals surface area contributed by atoms with Crippen molar-refractivity contribution in [3.63, 3.8) is 0 Å². The van der Waals surface area contributed by atoms with E-state index in [-0.39, 0.29) is 36.0 Å². The van der Waals surface area contributed by atoms with Crippen molar-refractivity contribution >= 4 is 29.9 Å². The molecule has 0 amide bonds. The van der Waals surface area contributed by atoms with E-state index >= 15 is 0 Å². The zero-order chi connectivity index (χ0) is 17.1. The molecular weight excluding hydrogens is 429 g/mol. The SMILES string of the molecule is CCNC(=NCC1(CCO)CCOC1)NCCCc1ccccc1.I. The third kappa shape index (κ3) is 7.92. The molecule has 2 rings (SSSR count). The highest BCUT2D eigenvalue weighted by Gasteiger charge is 2.34. The maximum Gasteiger partial charge on any atom is 0.191 e. The smallest absolute Gasteiger partial charge is 0.191 e. The van der Waals surface area contributed by atoms with Crippen molar-refractivity contribution in [2.45, 2.75) is 32.6 Å². The number of aliphatic hydroxyl groups excluding tert-OH is 1. The standard InChI is InChI=1S/C19H31N3O2.HI/c1-2-20-18(21-12-6-9-17-7-4-3-5-8-17)22-15-19(10-13-23)11-14-24-16-19;/h3-5,7-8,23H,2,6,9-16H2,1H3,(H2,20,21,22);1H. The molecule has 0 saturated carbocycles. The Hall–Kier alpha value is -0.860. The predicted molar refractivity (Wildman–Crippen MR) is 114 cm³/mol. The number of nitrogens with one attached hydrogen (secondary N) is 2. The van der Waals surface area contributed by atoms with Crippen LogP contribution < -0.4 is 10.6 Å². The molecule has 0 radical (unpaired) electrons. The Bertz CT molecular complexity index is 491. The summed E-state index contributed by atoms with van der Waals surface area (Å²) in [6.07, 6.45) is 3.86. The molecule has 6 heteroatoms. The number of nitrogens with zero attached hydrogens (tertiary/aromatic N) is 1. The summed E-state index contributed by atoms with van der Waals surface area (Å²) in [6.45, 7) is 6.17. The number of halogens is 1. The molecule has 5 nitrogen and oxygen atoms in total. The molecular formula is C19H32IN3O2. The van der Waals surface area contributed by atoms with E-state index in [1.54, 1.807) is 0 Å². The molecule has 1 unspecified atom stereocenters. The first-order valence-corrected chi connectivity index (χ1v) is 9.03. The minimum atomic E-state index is 0. The first kappa shape index (κ1) is 22.2. The molecule has 3 N–H and O–H groups in total. The Morgan fingerprint density at radius 1 is 1.28 bits per heavy atom. The van der Waals surface area contributed by atoms with E-state index in [0.717, 1.165) is 51.3 Å². The van der Waals surface area contributed by atoms with Crippen LogP contribution in [0.5, 0.6) is 0 Å². The van der Waals surface area contributed by atoms with Crippen molar-refractivity contribution < 1.29 is 9.84 Å². The molecule has 1 aliphatic rings. The van der Waals surface area contributed by atoms with Gasteiger partial charge in [0.2, 0.25) is 0 Å². The zero-order valence-corrected chi connectivity index (χ0v) is 17.5. The lowest BCUT2D eigenvalue weighted by molar-refractivity contribution is 0.131. The average molecular weight is 461 g/mol. The van der Waals surface area contributed by atoms with Gasteiger partial charge in [-0.2, -0.15) is 0 Å². The molecule has 0 spiro atoms. The van der Waals surface area contributed by atoms with Gasteiger partial charge >= 0.3 is 0 Å². The minimum Gasteiger partial charge on any atom is -0.396 e. The third-order valence-electron chi connectivity index (χ3n) is 4.52. The van der Waals surface area contributed by atoms with Crippen LogP contribution in [0.2, 0.25) is 0 Å². The summed E-state index contributed by atoms with van der Waals surface area (Å²) in [5.41, 5.74) is 1.37. The van der Waals surface area contributed by atoms with Gasteiger partial charge in [-0.25, -0.2) is 0 Å². The summed E-state index contributed by atoms with van der Waals surface area (Å²) in [5.74, 6) is 0.856. The maximum absolute atomic E-state index is 9.31. The largest absolute Gasteiger partial charge is 0.396 e. The summed E-state index contributed by atoms with van der Waals surface area (Å²) >= 11 is 0. The zero-order valence-electron chi connectivity index (χ0n) is 15.2. The lowest BCUT2D eigenvalue weighted by atomic mass is 9.84. The van der Waals surface area contributed by atoms with Crippen LogP contribution in [0.15, 0.2) is 35.3 Å². The monoisotopic (exact) mass is 461 g/mol. The number of aliphatic hydroxyl groups is 1. The number of aliphatic imine (C=N–C) groups is 1.